The predicted molar refractivity (Wildman–Crippen MR) is 71.9 cm³/mol. The van der Waals surface area contributed by atoms with Gasteiger partial charge in [-0.3, -0.25) is 10.1 Å². The molecule has 0 aliphatic heterocycles. The third-order valence-electron chi connectivity index (χ3n) is 2.63. The highest BCUT2D eigenvalue weighted by molar-refractivity contribution is 5.50. The van der Waals surface area contributed by atoms with Crippen molar-refractivity contribution in [2.45, 2.75) is 6.54 Å². The fraction of sp³-hybridized carbons (Fsp3) is 0.154. The van der Waals surface area contributed by atoms with Gasteiger partial charge in [0.25, 0.3) is 5.69 Å². The Bertz CT molecular complexity index is 631. The first-order valence-electron chi connectivity index (χ1n) is 5.80. The second kappa shape index (κ2) is 5.98. The van der Waals surface area contributed by atoms with Gasteiger partial charge in [-0.05, 0) is 12.1 Å². The standard InChI is InChI=1S/C13H13N3O4/c1-19-11-5-4-10(16(17)18)7-12(11)20-13-9(8-14)3-2-6-15-13/h2-7H,8,14H2,1H3. The lowest BCUT2D eigenvalue weighted by Gasteiger charge is -2.11. The first kappa shape index (κ1) is 13.8. The SMILES string of the molecule is COc1ccc([N+](=O)[O-])cc1Oc1ncccc1CN. The fourth-order valence-corrected chi connectivity index (χ4v) is 1.63. The smallest absolute Gasteiger partial charge is 0.273 e. The van der Waals surface area contributed by atoms with Gasteiger partial charge in [0.15, 0.2) is 11.5 Å². The van der Waals surface area contributed by atoms with Crippen molar-refractivity contribution >= 4 is 5.69 Å². The fourth-order valence-electron chi connectivity index (χ4n) is 1.63. The molecule has 1 aromatic heterocycles. The topological polar surface area (TPSA) is 101 Å². The van der Waals surface area contributed by atoms with E-state index in [0.717, 1.165) is 0 Å². The highest BCUT2D eigenvalue weighted by Crippen LogP contribution is 2.34. The van der Waals surface area contributed by atoms with Crippen molar-refractivity contribution in [1.82, 2.24) is 4.98 Å². The number of aromatic nitrogens is 1. The molecule has 1 aromatic carbocycles. The summed E-state index contributed by atoms with van der Waals surface area (Å²) in [5.41, 5.74) is 6.20. The van der Waals surface area contributed by atoms with Crippen molar-refractivity contribution in [2.75, 3.05) is 7.11 Å². The summed E-state index contributed by atoms with van der Waals surface area (Å²) < 4.78 is 10.7. The molecule has 7 heteroatoms. The largest absolute Gasteiger partial charge is 0.493 e. The van der Waals surface area contributed by atoms with Crippen molar-refractivity contribution in [3.05, 3.63) is 52.2 Å². The van der Waals surface area contributed by atoms with E-state index in [1.807, 2.05) is 0 Å². The molecule has 0 amide bonds. The van der Waals surface area contributed by atoms with Crippen LogP contribution in [-0.2, 0) is 6.54 Å². The molecular formula is C13H13N3O4. The minimum atomic E-state index is -0.505. The first-order chi connectivity index (χ1) is 9.65. The molecule has 0 atom stereocenters. The van der Waals surface area contributed by atoms with Crippen LogP contribution in [0.1, 0.15) is 5.56 Å². The Morgan fingerprint density at radius 3 is 2.80 bits per heavy atom. The van der Waals surface area contributed by atoms with Gasteiger partial charge in [-0.15, -0.1) is 0 Å². The van der Waals surface area contributed by atoms with Crippen molar-refractivity contribution in [3.8, 4) is 17.4 Å². The van der Waals surface area contributed by atoms with Crippen LogP contribution in [0.2, 0.25) is 0 Å². The summed E-state index contributed by atoms with van der Waals surface area (Å²) in [5.74, 6) is 0.896. The summed E-state index contributed by atoms with van der Waals surface area (Å²) in [5, 5.41) is 10.8. The number of hydrogen-bond donors (Lipinski definition) is 1. The highest BCUT2D eigenvalue weighted by Gasteiger charge is 2.14. The average Bonchev–Trinajstić information content (AvgIpc) is 2.47. The Hall–Kier alpha value is -2.67. The zero-order valence-corrected chi connectivity index (χ0v) is 10.8. The Morgan fingerprint density at radius 2 is 2.15 bits per heavy atom. The van der Waals surface area contributed by atoms with E-state index < -0.39 is 4.92 Å². The molecule has 0 saturated heterocycles. The van der Waals surface area contributed by atoms with E-state index in [0.29, 0.717) is 17.2 Å². The number of non-ortho nitro benzene ring substituents is 1. The number of nitrogens with zero attached hydrogens (tertiary/aromatic N) is 2. The molecule has 7 nitrogen and oxygen atoms in total. The van der Waals surface area contributed by atoms with Gasteiger partial charge in [0.05, 0.1) is 18.1 Å². The van der Waals surface area contributed by atoms with Crippen LogP contribution in [-0.4, -0.2) is 17.0 Å². The number of pyridine rings is 1. The summed E-state index contributed by atoms with van der Waals surface area (Å²) in [6.45, 7) is 0.250. The van der Waals surface area contributed by atoms with Gasteiger partial charge in [0.2, 0.25) is 5.88 Å². The lowest BCUT2D eigenvalue weighted by Crippen LogP contribution is -2.01. The third-order valence-corrected chi connectivity index (χ3v) is 2.63. The van der Waals surface area contributed by atoms with Crippen molar-refractivity contribution in [1.29, 1.82) is 0 Å². The monoisotopic (exact) mass is 275 g/mol. The second-order valence-electron chi connectivity index (χ2n) is 3.87. The van der Waals surface area contributed by atoms with Gasteiger partial charge in [-0.1, -0.05) is 6.07 Å². The van der Waals surface area contributed by atoms with Gasteiger partial charge in [-0.2, -0.15) is 0 Å². The summed E-state index contributed by atoms with van der Waals surface area (Å²) in [6.07, 6.45) is 1.55. The maximum atomic E-state index is 10.8. The van der Waals surface area contributed by atoms with E-state index >= 15 is 0 Å². The first-order valence-corrected chi connectivity index (χ1v) is 5.80. The van der Waals surface area contributed by atoms with Crippen LogP contribution >= 0.6 is 0 Å². The maximum absolute atomic E-state index is 10.8. The summed E-state index contributed by atoms with van der Waals surface area (Å²) in [4.78, 5) is 14.4. The van der Waals surface area contributed by atoms with Crippen LogP contribution in [0.3, 0.4) is 0 Å². The second-order valence-corrected chi connectivity index (χ2v) is 3.87. The predicted octanol–water partition coefficient (Wildman–Crippen LogP) is 2.25. The van der Waals surface area contributed by atoms with E-state index in [4.69, 9.17) is 15.2 Å². The molecule has 0 aliphatic rings. The van der Waals surface area contributed by atoms with Crippen LogP contribution < -0.4 is 15.2 Å². The third kappa shape index (κ3) is 2.83. The number of rotatable bonds is 5. The van der Waals surface area contributed by atoms with Crippen LogP contribution in [0.25, 0.3) is 0 Å². The van der Waals surface area contributed by atoms with Gasteiger partial charge in [0, 0.05) is 24.4 Å². The van der Waals surface area contributed by atoms with Gasteiger partial charge >= 0.3 is 0 Å². The quantitative estimate of drug-likeness (QED) is 0.663. The minimum absolute atomic E-state index is 0.0916. The van der Waals surface area contributed by atoms with E-state index in [1.165, 1.54) is 25.3 Å². The lowest BCUT2D eigenvalue weighted by molar-refractivity contribution is -0.384. The van der Waals surface area contributed by atoms with Crippen molar-refractivity contribution < 1.29 is 14.4 Å². The number of hydrogen-bond acceptors (Lipinski definition) is 6. The Morgan fingerprint density at radius 1 is 1.35 bits per heavy atom. The molecule has 0 bridgehead atoms. The zero-order valence-electron chi connectivity index (χ0n) is 10.8. The molecule has 2 N–H and O–H groups in total. The molecule has 0 spiro atoms. The van der Waals surface area contributed by atoms with Gasteiger partial charge in [-0.25, -0.2) is 4.98 Å². The normalized spacial score (nSPS) is 10.1. The molecule has 1 heterocycles. The van der Waals surface area contributed by atoms with Crippen LogP contribution in [0.5, 0.6) is 17.4 Å². The minimum Gasteiger partial charge on any atom is -0.493 e. The van der Waals surface area contributed by atoms with Crippen LogP contribution in [0, 0.1) is 10.1 Å². The number of nitrogens with two attached hydrogens (primary N) is 1. The molecular weight excluding hydrogens is 262 g/mol. The van der Waals surface area contributed by atoms with Crippen molar-refractivity contribution in [2.24, 2.45) is 5.73 Å². The zero-order chi connectivity index (χ0) is 14.5. The lowest BCUT2D eigenvalue weighted by atomic mass is 10.2. The van der Waals surface area contributed by atoms with Crippen molar-refractivity contribution in [3.63, 3.8) is 0 Å². The van der Waals surface area contributed by atoms with Crippen LogP contribution in [0.4, 0.5) is 5.69 Å². The molecule has 0 fully saturated rings. The molecule has 0 radical (unpaired) electrons. The summed E-state index contributed by atoms with van der Waals surface area (Å²) in [7, 11) is 1.45. The number of nitro groups is 1. The van der Waals surface area contributed by atoms with Gasteiger partial charge < -0.3 is 15.2 Å². The molecule has 20 heavy (non-hydrogen) atoms. The number of methoxy groups -OCH3 is 1. The number of nitro benzene ring substituents is 1. The number of benzene rings is 1. The molecule has 0 unspecified atom stereocenters. The van der Waals surface area contributed by atoms with Crippen LogP contribution in [0.15, 0.2) is 36.5 Å². The van der Waals surface area contributed by atoms with E-state index in [2.05, 4.69) is 4.98 Å². The Kier molecular flexibility index (Phi) is 4.11. The number of ether oxygens (including phenoxy) is 2. The average molecular weight is 275 g/mol. The molecule has 104 valence electrons. The Labute approximate surface area is 115 Å². The molecule has 2 rings (SSSR count). The summed E-state index contributed by atoms with van der Waals surface area (Å²) >= 11 is 0. The highest BCUT2D eigenvalue weighted by atomic mass is 16.6. The van der Waals surface area contributed by atoms with E-state index in [-0.39, 0.29) is 18.0 Å². The van der Waals surface area contributed by atoms with E-state index in [9.17, 15) is 10.1 Å². The Balaban J connectivity index is 2.41. The van der Waals surface area contributed by atoms with Gasteiger partial charge in [0.1, 0.15) is 0 Å². The van der Waals surface area contributed by atoms with E-state index in [1.54, 1.807) is 18.3 Å². The molecule has 0 saturated carbocycles. The molecule has 0 aliphatic carbocycles. The summed E-state index contributed by atoms with van der Waals surface area (Å²) in [6, 6.07) is 7.60. The maximum Gasteiger partial charge on any atom is 0.273 e. The molecule has 2 aromatic rings.